The average Bonchev–Trinajstić information content (AvgIpc) is 3.03. The van der Waals surface area contributed by atoms with E-state index >= 15 is 0 Å². The van der Waals surface area contributed by atoms with Crippen molar-refractivity contribution in [3.8, 4) is 6.07 Å². The van der Waals surface area contributed by atoms with Crippen molar-refractivity contribution in [2.45, 2.75) is 18.9 Å². The zero-order valence-corrected chi connectivity index (χ0v) is 12.7. The number of piperidine rings is 1. The van der Waals surface area contributed by atoms with Crippen LogP contribution >= 0.6 is 0 Å². The summed E-state index contributed by atoms with van der Waals surface area (Å²) in [4.78, 5) is 20.4. The Kier molecular flexibility index (Phi) is 5.07. The van der Waals surface area contributed by atoms with Crippen LogP contribution in [0.25, 0.3) is 5.57 Å². The molecule has 116 valence electrons. The quantitative estimate of drug-likeness (QED) is 0.673. The standard InChI is InChI=1S/C15H20N6O/c1-12(9-17)14-10-21(11-18-14)15(22)19(2)13-3-6-20(7-4-13)8-5-16/h9-11,13,17H,1,3-4,6-8H2,2H3. The van der Waals surface area contributed by atoms with Crippen LogP contribution in [0, 0.1) is 16.7 Å². The second kappa shape index (κ2) is 7.00. The van der Waals surface area contributed by atoms with Gasteiger partial charge in [0.1, 0.15) is 6.33 Å². The van der Waals surface area contributed by atoms with Crippen molar-refractivity contribution >= 4 is 17.8 Å². The van der Waals surface area contributed by atoms with Gasteiger partial charge in [-0.15, -0.1) is 0 Å². The number of imidazole rings is 1. The third-order valence-electron chi connectivity index (χ3n) is 4.01. The second-order valence-corrected chi connectivity index (χ2v) is 5.39. The highest BCUT2D eigenvalue weighted by Gasteiger charge is 2.26. The summed E-state index contributed by atoms with van der Waals surface area (Å²) < 4.78 is 1.42. The molecule has 0 saturated carbocycles. The molecule has 0 aromatic carbocycles. The summed E-state index contributed by atoms with van der Waals surface area (Å²) in [6.45, 7) is 5.80. The van der Waals surface area contributed by atoms with E-state index in [0.29, 0.717) is 17.8 Å². The number of nitriles is 1. The van der Waals surface area contributed by atoms with Gasteiger partial charge < -0.3 is 10.3 Å². The minimum absolute atomic E-state index is 0.143. The van der Waals surface area contributed by atoms with Crippen LogP contribution in [0.15, 0.2) is 19.1 Å². The summed E-state index contributed by atoms with van der Waals surface area (Å²) in [6, 6.07) is 2.18. The van der Waals surface area contributed by atoms with Gasteiger partial charge in [0.05, 0.1) is 18.3 Å². The number of carbonyl (C=O) groups is 1. The Hall–Kier alpha value is -2.46. The van der Waals surface area contributed by atoms with E-state index in [1.165, 1.54) is 10.9 Å². The Morgan fingerprint density at radius 2 is 2.32 bits per heavy atom. The molecule has 1 fully saturated rings. The first kappa shape index (κ1) is 15.9. The summed E-state index contributed by atoms with van der Waals surface area (Å²) >= 11 is 0. The number of amides is 1. The smallest absolute Gasteiger partial charge is 0.324 e. The van der Waals surface area contributed by atoms with Crippen LogP contribution in [0.2, 0.25) is 0 Å². The van der Waals surface area contributed by atoms with Crippen molar-refractivity contribution in [2.24, 2.45) is 0 Å². The molecule has 0 aliphatic carbocycles. The molecule has 7 nitrogen and oxygen atoms in total. The van der Waals surface area contributed by atoms with Gasteiger partial charge in [-0.1, -0.05) is 6.58 Å². The lowest BCUT2D eigenvalue weighted by Crippen LogP contribution is -2.46. The lowest BCUT2D eigenvalue weighted by atomic mass is 10.0. The Labute approximate surface area is 130 Å². The Morgan fingerprint density at radius 1 is 1.64 bits per heavy atom. The first-order valence-corrected chi connectivity index (χ1v) is 7.17. The van der Waals surface area contributed by atoms with Crippen molar-refractivity contribution in [3.63, 3.8) is 0 Å². The molecule has 1 N–H and O–H groups in total. The maximum absolute atomic E-state index is 12.5. The third-order valence-corrected chi connectivity index (χ3v) is 4.01. The van der Waals surface area contributed by atoms with Crippen LogP contribution in [0.4, 0.5) is 4.79 Å². The molecule has 0 radical (unpaired) electrons. The van der Waals surface area contributed by atoms with E-state index in [-0.39, 0.29) is 12.1 Å². The summed E-state index contributed by atoms with van der Waals surface area (Å²) in [6.07, 6.45) is 5.88. The number of hydrogen-bond acceptors (Lipinski definition) is 5. The molecule has 1 aliphatic heterocycles. The Bertz CT molecular complexity index is 606. The predicted octanol–water partition coefficient (Wildman–Crippen LogP) is 1.43. The number of nitrogens with one attached hydrogen (secondary N) is 1. The number of hydrogen-bond donors (Lipinski definition) is 1. The van der Waals surface area contributed by atoms with Gasteiger partial charge in [-0.2, -0.15) is 5.26 Å². The van der Waals surface area contributed by atoms with Crippen LogP contribution in [0.5, 0.6) is 0 Å². The Morgan fingerprint density at radius 3 is 2.91 bits per heavy atom. The molecule has 0 atom stereocenters. The molecule has 0 spiro atoms. The summed E-state index contributed by atoms with van der Waals surface area (Å²) in [5.41, 5.74) is 1.000. The van der Waals surface area contributed by atoms with Gasteiger partial charge in [0.15, 0.2) is 0 Å². The number of rotatable bonds is 4. The monoisotopic (exact) mass is 300 g/mol. The van der Waals surface area contributed by atoms with Gasteiger partial charge in [-0.3, -0.25) is 9.47 Å². The predicted molar refractivity (Wildman–Crippen MR) is 83.7 cm³/mol. The molecule has 2 heterocycles. The maximum Gasteiger partial charge on any atom is 0.329 e. The molecule has 1 aromatic rings. The van der Waals surface area contributed by atoms with Crippen LogP contribution in [-0.4, -0.2) is 64.3 Å². The highest BCUT2D eigenvalue weighted by molar-refractivity contribution is 6.06. The van der Waals surface area contributed by atoms with E-state index in [0.717, 1.165) is 32.1 Å². The molecule has 1 amide bonds. The topological polar surface area (TPSA) is 89.0 Å². The fourth-order valence-electron chi connectivity index (χ4n) is 2.57. The number of carbonyl (C=O) groups excluding carboxylic acids is 1. The number of aromatic nitrogens is 2. The van der Waals surface area contributed by atoms with Crippen molar-refractivity contribution < 1.29 is 4.79 Å². The number of likely N-dealkylation sites (tertiary alicyclic amines) is 1. The molecule has 2 rings (SSSR count). The first-order valence-electron chi connectivity index (χ1n) is 7.17. The normalized spacial score (nSPS) is 16.0. The SMILES string of the molecule is C=C(C=N)c1cn(C(=O)N(C)C2CCN(CC#N)CC2)cn1. The lowest BCUT2D eigenvalue weighted by molar-refractivity contribution is 0.143. The number of nitrogens with zero attached hydrogens (tertiary/aromatic N) is 5. The van der Waals surface area contributed by atoms with Crippen molar-refractivity contribution in [1.82, 2.24) is 19.4 Å². The second-order valence-electron chi connectivity index (χ2n) is 5.39. The molecular formula is C15H20N6O. The van der Waals surface area contributed by atoms with E-state index in [1.54, 1.807) is 18.1 Å². The molecule has 0 bridgehead atoms. The fraction of sp³-hybridized carbons (Fsp3) is 0.467. The highest BCUT2D eigenvalue weighted by Crippen LogP contribution is 2.16. The van der Waals surface area contributed by atoms with Gasteiger partial charge in [0.2, 0.25) is 0 Å². The fourth-order valence-corrected chi connectivity index (χ4v) is 2.57. The van der Waals surface area contributed by atoms with E-state index in [4.69, 9.17) is 10.7 Å². The number of allylic oxidation sites excluding steroid dienone is 1. The van der Waals surface area contributed by atoms with Crippen molar-refractivity contribution in [3.05, 3.63) is 24.8 Å². The maximum atomic E-state index is 12.5. The van der Waals surface area contributed by atoms with E-state index < -0.39 is 0 Å². The van der Waals surface area contributed by atoms with E-state index in [9.17, 15) is 4.79 Å². The zero-order valence-electron chi connectivity index (χ0n) is 12.7. The van der Waals surface area contributed by atoms with Gasteiger partial charge in [-0.25, -0.2) is 9.78 Å². The minimum Gasteiger partial charge on any atom is -0.324 e. The van der Waals surface area contributed by atoms with Gasteiger partial charge >= 0.3 is 6.03 Å². The zero-order chi connectivity index (χ0) is 16.1. The van der Waals surface area contributed by atoms with Gasteiger partial charge in [0, 0.05) is 44.2 Å². The first-order chi connectivity index (χ1) is 10.6. The summed E-state index contributed by atoms with van der Waals surface area (Å²) in [7, 11) is 1.79. The van der Waals surface area contributed by atoms with Crippen LogP contribution in [0.3, 0.4) is 0 Å². The van der Waals surface area contributed by atoms with Gasteiger partial charge in [-0.05, 0) is 12.8 Å². The molecule has 22 heavy (non-hydrogen) atoms. The van der Waals surface area contributed by atoms with Crippen molar-refractivity contribution in [1.29, 1.82) is 10.7 Å². The highest BCUT2D eigenvalue weighted by atomic mass is 16.2. The lowest BCUT2D eigenvalue weighted by Gasteiger charge is -2.35. The minimum atomic E-state index is -0.143. The van der Waals surface area contributed by atoms with Crippen LogP contribution < -0.4 is 0 Å². The molecule has 0 unspecified atom stereocenters. The van der Waals surface area contributed by atoms with E-state index in [2.05, 4.69) is 22.5 Å². The average molecular weight is 300 g/mol. The summed E-state index contributed by atoms with van der Waals surface area (Å²) in [5.74, 6) is 0. The molecule has 1 aliphatic rings. The molecule has 7 heteroatoms. The van der Waals surface area contributed by atoms with Crippen LogP contribution in [-0.2, 0) is 0 Å². The Balaban J connectivity index is 1.98. The largest absolute Gasteiger partial charge is 0.329 e. The summed E-state index contributed by atoms with van der Waals surface area (Å²) in [5, 5.41) is 15.9. The molecule has 1 aromatic heterocycles. The molecule has 1 saturated heterocycles. The van der Waals surface area contributed by atoms with Crippen LogP contribution in [0.1, 0.15) is 18.5 Å². The molecular weight excluding hydrogens is 280 g/mol. The van der Waals surface area contributed by atoms with Crippen molar-refractivity contribution in [2.75, 3.05) is 26.7 Å². The van der Waals surface area contributed by atoms with E-state index in [1.807, 2.05) is 0 Å². The van der Waals surface area contributed by atoms with Gasteiger partial charge in [0.25, 0.3) is 0 Å². The third kappa shape index (κ3) is 3.40.